The van der Waals surface area contributed by atoms with Crippen LogP contribution in [0.2, 0.25) is 0 Å². The van der Waals surface area contributed by atoms with Crippen molar-refractivity contribution in [2.45, 2.75) is 72.8 Å². The first-order valence-corrected chi connectivity index (χ1v) is 8.69. The highest BCUT2D eigenvalue weighted by Crippen LogP contribution is 2.36. The molecule has 0 atom stereocenters. The molecular weight excluding hydrogens is 286 g/mol. The summed E-state index contributed by atoms with van der Waals surface area (Å²) in [5.74, 6) is -0.135. The normalized spacial score (nSPS) is 11.8. The highest BCUT2D eigenvalue weighted by atomic mass is 16.4. The first-order valence-electron chi connectivity index (χ1n) is 8.69. The number of benzene rings is 1. The van der Waals surface area contributed by atoms with Gasteiger partial charge in [0, 0.05) is 17.6 Å². The Kier molecular flexibility index (Phi) is 5.18. The van der Waals surface area contributed by atoms with E-state index in [1.165, 1.54) is 11.3 Å². The van der Waals surface area contributed by atoms with Crippen LogP contribution < -0.4 is 0 Å². The third-order valence-corrected chi connectivity index (χ3v) is 4.70. The molecule has 0 amide bonds. The van der Waals surface area contributed by atoms with Crippen molar-refractivity contribution >= 4 is 16.9 Å². The fraction of sp³-hybridized carbons (Fsp3) is 0.550. The van der Waals surface area contributed by atoms with Crippen LogP contribution in [0.1, 0.15) is 86.5 Å². The molecule has 1 aromatic carbocycles. The van der Waals surface area contributed by atoms with Crippen LogP contribution in [-0.4, -0.2) is 15.6 Å². The molecule has 0 aliphatic rings. The summed E-state index contributed by atoms with van der Waals surface area (Å²) in [6.45, 7) is 13.8. The van der Waals surface area contributed by atoms with Gasteiger partial charge in [-0.15, -0.1) is 0 Å². The zero-order chi connectivity index (χ0) is 17.3. The number of fused-ring (bicyclic) bond motifs is 1. The summed E-state index contributed by atoms with van der Waals surface area (Å²) in [4.78, 5) is 11.9. The zero-order valence-electron chi connectivity index (χ0n) is 15.2. The molecule has 0 bridgehead atoms. The van der Waals surface area contributed by atoms with Crippen molar-refractivity contribution in [2.75, 3.05) is 0 Å². The summed E-state index contributed by atoms with van der Waals surface area (Å²) in [5.41, 5.74) is 4.95. The minimum absolute atomic E-state index is 0.316. The smallest absolute Gasteiger partial charge is 0.337 e. The predicted molar refractivity (Wildman–Crippen MR) is 96.7 cm³/mol. The second-order valence-electron chi connectivity index (χ2n) is 7.08. The number of carboxylic acids is 1. The third kappa shape index (κ3) is 3.15. The number of carbonyl (C=O) groups is 1. The van der Waals surface area contributed by atoms with Gasteiger partial charge in [0.25, 0.3) is 0 Å². The molecule has 0 saturated carbocycles. The molecular formula is C20H29NO2. The SMILES string of the molecule is CCCCn1c(C)c(C(C)C)c2cc(C(C)C)cc(C(=O)O)c21. The summed E-state index contributed by atoms with van der Waals surface area (Å²) in [6, 6.07) is 4.07. The van der Waals surface area contributed by atoms with Crippen molar-refractivity contribution in [2.24, 2.45) is 0 Å². The van der Waals surface area contributed by atoms with Crippen LogP contribution in [-0.2, 0) is 6.54 Å². The fourth-order valence-electron chi connectivity index (χ4n) is 3.48. The molecule has 0 unspecified atom stereocenters. The number of rotatable bonds is 6. The highest BCUT2D eigenvalue weighted by Gasteiger charge is 2.22. The Bertz CT molecular complexity index is 723. The van der Waals surface area contributed by atoms with Gasteiger partial charge in [-0.3, -0.25) is 0 Å². The Morgan fingerprint density at radius 2 is 1.83 bits per heavy atom. The number of aromatic nitrogens is 1. The number of nitrogens with zero attached hydrogens (tertiary/aromatic N) is 1. The van der Waals surface area contributed by atoms with E-state index in [1.807, 2.05) is 6.07 Å². The van der Waals surface area contributed by atoms with Crippen LogP contribution in [0.15, 0.2) is 12.1 Å². The fourth-order valence-corrected chi connectivity index (χ4v) is 3.48. The van der Waals surface area contributed by atoms with Crippen molar-refractivity contribution in [3.63, 3.8) is 0 Å². The Labute approximate surface area is 139 Å². The Morgan fingerprint density at radius 1 is 1.17 bits per heavy atom. The topological polar surface area (TPSA) is 42.2 Å². The van der Waals surface area contributed by atoms with Gasteiger partial charge in [0.1, 0.15) is 0 Å². The van der Waals surface area contributed by atoms with Crippen LogP contribution in [0, 0.1) is 6.92 Å². The van der Waals surface area contributed by atoms with Gasteiger partial charge in [-0.25, -0.2) is 4.79 Å². The molecule has 0 saturated heterocycles. The van der Waals surface area contributed by atoms with Gasteiger partial charge in [0.15, 0.2) is 0 Å². The van der Waals surface area contributed by atoms with E-state index in [9.17, 15) is 9.90 Å². The maximum Gasteiger partial charge on any atom is 0.337 e. The number of hydrogen-bond donors (Lipinski definition) is 1. The number of aryl methyl sites for hydroxylation is 1. The summed E-state index contributed by atoms with van der Waals surface area (Å²) in [5, 5.41) is 10.9. The third-order valence-electron chi connectivity index (χ3n) is 4.70. The largest absolute Gasteiger partial charge is 0.478 e. The average molecular weight is 315 g/mol. The minimum Gasteiger partial charge on any atom is -0.478 e. The first-order chi connectivity index (χ1) is 10.8. The van der Waals surface area contributed by atoms with Gasteiger partial charge in [-0.05, 0) is 48.4 Å². The molecule has 0 aliphatic carbocycles. The number of carboxylic acid groups (broad SMARTS) is 1. The molecule has 1 heterocycles. The second-order valence-corrected chi connectivity index (χ2v) is 7.08. The molecule has 0 fully saturated rings. The van der Waals surface area contributed by atoms with Crippen LogP contribution >= 0.6 is 0 Å². The number of aromatic carboxylic acids is 1. The van der Waals surface area contributed by atoms with Crippen molar-refractivity contribution in [1.82, 2.24) is 4.57 Å². The van der Waals surface area contributed by atoms with Gasteiger partial charge >= 0.3 is 5.97 Å². The maximum atomic E-state index is 11.9. The van der Waals surface area contributed by atoms with Crippen LogP contribution in [0.5, 0.6) is 0 Å². The molecule has 126 valence electrons. The van der Waals surface area contributed by atoms with Crippen LogP contribution in [0.3, 0.4) is 0 Å². The van der Waals surface area contributed by atoms with Gasteiger partial charge < -0.3 is 9.67 Å². The van der Waals surface area contributed by atoms with Crippen molar-refractivity contribution in [3.05, 3.63) is 34.5 Å². The second kappa shape index (κ2) is 6.77. The Hall–Kier alpha value is -1.77. The summed E-state index contributed by atoms with van der Waals surface area (Å²) < 4.78 is 2.22. The monoisotopic (exact) mass is 315 g/mol. The zero-order valence-corrected chi connectivity index (χ0v) is 15.2. The van der Waals surface area contributed by atoms with Crippen molar-refractivity contribution < 1.29 is 9.90 Å². The molecule has 3 heteroatoms. The lowest BCUT2D eigenvalue weighted by molar-refractivity contribution is 0.0698. The minimum atomic E-state index is -0.831. The lowest BCUT2D eigenvalue weighted by Gasteiger charge is -2.12. The Morgan fingerprint density at radius 3 is 2.30 bits per heavy atom. The van der Waals surface area contributed by atoms with E-state index in [-0.39, 0.29) is 0 Å². The standard InChI is InChI=1S/C20H29NO2/c1-7-8-9-21-14(6)18(13(4)5)16-10-15(12(2)3)11-17(19(16)21)20(22)23/h10-13H,7-9H2,1-6H3,(H,22,23). The average Bonchev–Trinajstić information content (AvgIpc) is 2.75. The molecule has 0 aliphatic heterocycles. The van der Waals surface area contributed by atoms with E-state index in [1.54, 1.807) is 0 Å². The van der Waals surface area contributed by atoms with E-state index in [0.29, 0.717) is 17.4 Å². The van der Waals surface area contributed by atoms with Crippen molar-refractivity contribution in [1.29, 1.82) is 0 Å². The van der Waals surface area contributed by atoms with E-state index in [0.717, 1.165) is 35.9 Å². The molecule has 23 heavy (non-hydrogen) atoms. The Balaban J connectivity index is 2.90. The molecule has 1 N–H and O–H groups in total. The van der Waals surface area contributed by atoms with E-state index in [2.05, 4.69) is 52.2 Å². The quantitative estimate of drug-likeness (QED) is 0.743. The lowest BCUT2D eigenvalue weighted by Crippen LogP contribution is -2.06. The number of unbranched alkanes of at least 4 members (excludes halogenated alkanes) is 1. The van der Waals surface area contributed by atoms with Gasteiger partial charge in [-0.2, -0.15) is 0 Å². The molecule has 3 nitrogen and oxygen atoms in total. The summed E-state index contributed by atoms with van der Waals surface area (Å²) >= 11 is 0. The van der Waals surface area contributed by atoms with Gasteiger partial charge in [0.05, 0.1) is 11.1 Å². The van der Waals surface area contributed by atoms with E-state index < -0.39 is 5.97 Å². The lowest BCUT2D eigenvalue weighted by atomic mass is 9.93. The van der Waals surface area contributed by atoms with Crippen LogP contribution in [0.25, 0.3) is 10.9 Å². The van der Waals surface area contributed by atoms with Crippen LogP contribution in [0.4, 0.5) is 0 Å². The predicted octanol–water partition coefficient (Wildman–Crippen LogP) is 5.69. The first kappa shape index (κ1) is 17.6. The summed E-state index contributed by atoms with van der Waals surface area (Å²) in [7, 11) is 0. The molecule has 0 radical (unpaired) electrons. The maximum absolute atomic E-state index is 11.9. The number of hydrogen-bond acceptors (Lipinski definition) is 1. The molecule has 1 aromatic heterocycles. The van der Waals surface area contributed by atoms with E-state index >= 15 is 0 Å². The van der Waals surface area contributed by atoms with E-state index in [4.69, 9.17) is 0 Å². The molecule has 2 rings (SSSR count). The van der Waals surface area contributed by atoms with Gasteiger partial charge in [0.2, 0.25) is 0 Å². The van der Waals surface area contributed by atoms with Crippen molar-refractivity contribution in [3.8, 4) is 0 Å². The molecule has 0 spiro atoms. The molecule has 2 aromatic rings. The summed E-state index contributed by atoms with van der Waals surface area (Å²) in [6.07, 6.45) is 2.16. The van der Waals surface area contributed by atoms with Gasteiger partial charge in [-0.1, -0.05) is 41.0 Å². The highest BCUT2D eigenvalue weighted by molar-refractivity contribution is 6.04.